The number of nitrogens with zero attached hydrogens (tertiary/aromatic N) is 4. The predicted octanol–water partition coefficient (Wildman–Crippen LogP) is 6.37. The highest BCUT2D eigenvalue weighted by Crippen LogP contribution is 2.39. The van der Waals surface area contributed by atoms with Crippen molar-refractivity contribution in [1.29, 1.82) is 0 Å². The highest BCUT2D eigenvalue weighted by Gasteiger charge is 2.35. The standard InChI is InChI=1S/C27H23ClN6O3S/c1-16-7-3-6-10-22(16)30-25(35)23-17(2)29-26-31-27(38-15-18-11-13-19(14-12-18)34(36)37)32-33(26)24(23)20-8-4-5-9-21(20)28/h3-14,24H,15H2,1-2H3,(H,30,35)(H,29,31,32). The van der Waals surface area contributed by atoms with Crippen LogP contribution in [0.1, 0.15) is 29.7 Å². The number of nitro groups is 1. The van der Waals surface area contributed by atoms with Crippen LogP contribution in [0.4, 0.5) is 17.3 Å². The van der Waals surface area contributed by atoms with Crippen molar-refractivity contribution in [3.05, 3.63) is 116 Å². The molecule has 1 amide bonds. The van der Waals surface area contributed by atoms with Crippen molar-refractivity contribution in [2.24, 2.45) is 0 Å². The lowest BCUT2D eigenvalue weighted by atomic mass is 9.95. The molecule has 2 heterocycles. The molecule has 0 radical (unpaired) electrons. The average Bonchev–Trinajstić information content (AvgIpc) is 3.31. The first-order chi connectivity index (χ1) is 18.3. The Morgan fingerprint density at radius 3 is 2.53 bits per heavy atom. The molecule has 0 aliphatic carbocycles. The van der Waals surface area contributed by atoms with E-state index in [1.807, 2.05) is 56.3 Å². The first-order valence-electron chi connectivity index (χ1n) is 11.7. The molecular weight excluding hydrogens is 524 g/mol. The molecule has 11 heteroatoms. The number of allylic oxidation sites excluding steroid dienone is 1. The monoisotopic (exact) mass is 546 g/mol. The van der Waals surface area contributed by atoms with Gasteiger partial charge in [0.15, 0.2) is 0 Å². The molecule has 38 heavy (non-hydrogen) atoms. The molecule has 1 aliphatic rings. The van der Waals surface area contributed by atoms with E-state index in [1.54, 1.807) is 22.9 Å². The summed E-state index contributed by atoms with van der Waals surface area (Å²) < 4.78 is 1.68. The number of carbonyl (C=O) groups excluding carboxylic acids is 1. The van der Waals surface area contributed by atoms with Crippen LogP contribution in [0.3, 0.4) is 0 Å². The van der Waals surface area contributed by atoms with E-state index in [0.29, 0.717) is 33.2 Å². The van der Waals surface area contributed by atoms with Crippen LogP contribution in [-0.4, -0.2) is 25.6 Å². The van der Waals surface area contributed by atoms with Crippen molar-refractivity contribution in [2.45, 2.75) is 30.8 Å². The van der Waals surface area contributed by atoms with Crippen molar-refractivity contribution < 1.29 is 9.72 Å². The summed E-state index contributed by atoms with van der Waals surface area (Å²) in [6, 6.07) is 20.7. The van der Waals surface area contributed by atoms with Crippen LogP contribution < -0.4 is 10.6 Å². The smallest absolute Gasteiger partial charge is 0.269 e. The first kappa shape index (κ1) is 25.5. The number of nitro benzene ring substituents is 1. The summed E-state index contributed by atoms with van der Waals surface area (Å²) in [6.07, 6.45) is 0. The maximum absolute atomic E-state index is 13.7. The van der Waals surface area contributed by atoms with E-state index in [-0.39, 0.29) is 11.6 Å². The van der Waals surface area contributed by atoms with Crippen LogP contribution in [0, 0.1) is 17.0 Å². The fraction of sp³-hybridized carbons (Fsp3) is 0.148. The lowest BCUT2D eigenvalue weighted by molar-refractivity contribution is -0.384. The fourth-order valence-corrected chi connectivity index (χ4v) is 5.26. The maximum atomic E-state index is 13.7. The Bertz CT molecular complexity index is 1570. The number of para-hydroxylation sites is 1. The summed E-state index contributed by atoms with van der Waals surface area (Å²) in [6.45, 7) is 3.77. The van der Waals surface area contributed by atoms with Gasteiger partial charge in [0, 0.05) is 39.9 Å². The molecule has 2 N–H and O–H groups in total. The summed E-state index contributed by atoms with van der Waals surface area (Å²) >= 11 is 8.01. The number of halogens is 1. The Kier molecular flexibility index (Phi) is 7.17. The summed E-state index contributed by atoms with van der Waals surface area (Å²) in [4.78, 5) is 28.8. The Balaban J connectivity index is 1.47. The summed E-state index contributed by atoms with van der Waals surface area (Å²) in [5, 5.41) is 22.9. The van der Waals surface area contributed by atoms with Gasteiger partial charge in [0.1, 0.15) is 6.04 Å². The number of aryl methyl sites for hydroxylation is 1. The van der Waals surface area contributed by atoms with Gasteiger partial charge >= 0.3 is 0 Å². The zero-order valence-electron chi connectivity index (χ0n) is 20.5. The number of non-ortho nitro benzene ring substituents is 1. The van der Waals surface area contributed by atoms with Gasteiger partial charge in [0.2, 0.25) is 11.1 Å². The second-order valence-electron chi connectivity index (χ2n) is 8.73. The van der Waals surface area contributed by atoms with Crippen LogP contribution in [0.15, 0.2) is 89.2 Å². The van der Waals surface area contributed by atoms with Crippen molar-refractivity contribution >= 4 is 46.6 Å². The van der Waals surface area contributed by atoms with Crippen LogP contribution >= 0.6 is 23.4 Å². The number of hydrogen-bond donors (Lipinski definition) is 2. The van der Waals surface area contributed by atoms with Gasteiger partial charge in [0.05, 0.1) is 10.5 Å². The van der Waals surface area contributed by atoms with E-state index in [9.17, 15) is 14.9 Å². The van der Waals surface area contributed by atoms with Crippen molar-refractivity contribution in [3.63, 3.8) is 0 Å². The van der Waals surface area contributed by atoms with Gasteiger partial charge in [-0.1, -0.05) is 71.9 Å². The van der Waals surface area contributed by atoms with E-state index in [4.69, 9.17) is 16.7 Å². The normalized spacial score (nSPS) is 14.6. The predicted molar refractivity (Wildman–Crippen MR) is 148 cm³/mol. The molecule has 192 valence electrons. The lowest BCUT2D eigenvalue weighted by Gasteiger charge is -2.29. The zero-order valence-corrected chi connectivity index (χ0v) is 22.1. The maximum Gasteiger partial charge on any atom is 0.269 e. The number of hydrogen-bond acceptors (Lipinski definition) is 7. The van der Waals surface area contributed by atoms with Gasteiger partial charge in [-0.05, 0) is 37.1 Å². The van der Waals surface area contributed by atoms with Gasteiger partial charge < -0.3 is 10.6 Å². The second kappa shape index (κ2) is 10.7. The second-order valence-corrected chi connectivity index (χ2v) is 10.1. The minimum Gasteiger partial charge on any atom is -0.328 e. The number of benzene rings is 3. The molecule has 0 fully saturated rings. The lowest BCUT2D eigenvalue weighted by Crippen LogP contribution is -2.31. The number of anilines is 2. The van der Waals surface area contributed by atoms with Crippen molar-refractivity contribution in [2.75, 3.05) is 10.6 Å². The minimum absolute atomic E-state index is 0.0409. The highest BCUT2D eigenvalue weighted by molar-refractivity contribution is 7.98. The highest BCUT2D eigenvalue weighted by atomic mass is 35.5. The van der Waals surface area contributed by atoms with Gasteiger partial charge in [-0.2, -0.15) is 4.98 Å². The molecule has 1 aliphatic heterocycles. The van der Waals surface area contributed by atoms with E-state index in [1.165, 1.54) is 23.9 Å². The number of rotatable bonds is 7. The number of aromatic nitrogens is 3. The zero-order chi connectivity index (χ0) is 26.8. The third-order valence-electron chi connectivity index (χ3n) is 6.19. The van der Waals surface area contributed by atoms with Crippen LogP contribution in [0.5, 0.6) is 0 Å². The molecule has 1 unspecified atom stereocenters. The third kappa shape index (κ3) is 5.13. The Morgan fingerprint density at radius 2 is 1.82 bits per heavy atom. The van der Waals surface area contributed by atoms with Crippen LogP contribution in [0.2, 0.25) is 5.02 Å². The number of thioether (sulfide) groups is 1. The topological polar surface area (TPSA) is 115 Å². The Labute approximate surface area is 228 Å². The first-order valence-corrected chi connectivity index (χ1v) is 13.1. The summed E-state index contributed by atoms with van der Waals surface area (Å²) in [5.74, 6) is 0.743. The van der Waals surface area contributed by atoms with Gasteiger partial charge in [-0.3, -0.25) is 14.9 Å². The SMILES string of the molecule is CC1=C(C(=O)Nc2ccccc2C)C(c2ccccc2Cl)n2nc(SCc3ccc([N+](=O)[O-])cc3)nc2N1. The number of carbonyl (C=O) groups is 1. The van der Waals surface area contributed by atoms with Crippen LogP contribution in [0.25, 0.3) is 0 Å². The molecule has 0 bridgehead atoms. The van der Waals surface area contributed by atoms with Gasteiger partial charge in [-0.15, -0.1) is 5.10 Å². The third-order valence-corrected chi connectivity index (χ3v) is 7.44. The quantitative estimate of drug-likeness (QED) is 0.157. The van der Waals surface area contributed by atoms with E-state index in [2.05, 4.69) is 15.6 Å². The fourth-order valence-electron chi connectivity index (χ4n) is 4.24. The molecular formula is C27H23ClN6O3S. The molecule has 3 aromatic carbocycles. The summed E-state index contributed by atoms with van der Waals surface area (Å²) in [7, 11) is 0. The molecule has 1 atom stereocenters. The summed E-state index contributed by atoms with van der Waals surface area (Å²) in [5.41, 5.74) is 4.46. The minimum atomic E-state index is -0.606. The molecule has 0 spiro atoms. The van der Waals surface area contributed by atoms with Crippen molar-refractivity contribution in [3.8, 4) is 0 Å². The largest absolute Gasteiger partial charge is 0.328 e. The van der Waals surface area contributed by atoms with Gasteiger partial charge in [0.25, 0.3) is 11.6 Å². The molecule has 0 saturated heterocycles. The molecule has 1 aromatic heterocycles. The molecule has 9 nitrogen and oxygen atoms in total. The average molecular weight is 547 g/mol. The molecule has 4 aromatic rings. The van der Waals surface area contributed by atoms with Crippen molar-refractivity contribution in [1.82, 2.24) is 14.8 Å². The van der Waals surface area contributed by atoms with E-state index < -0.39 is 11.0 Å². The Hall–Kier alpha value is -4.15. The Morgan fingerprint density at radius 1 is 1.11 bits per heavy atom. The number of fused-ring (bicyclic) bond motifs is 1. The van der Waals surface area contributed by atoms with Crippen LogP contribution in [-0.2, 0) is 10.5 Å². The number of nitrogens with one attached hydrogen (secondary N) is 2. The van der Waals surface area contributed by atoms with Gasteiger partial charge in [-0.25, -0.2) is 4.68 Å². The van der Waals surface area contributed by atoms with E-state index in [0.717, 1.165) is 22.4 Å². The number of amides is 1. The van der Waals surface area contributed by atoms with E-state index >= 15 is 0 Å². The molecule has 5 rings (SSSR count). The molecule has 0 saturated carbocycles.